The Labute approximate surface area is 398 Å². The number of hydrogen-bond acceptors (Lipinski definition) is 16. The van der Waals surface area contributed by atoms with E-state index in [0.717, 1.165) is 62.1 Å². The van der Waals surface area contributed by atoms with Crippen molar-refractivity contribution in [2.75, 3.05) is 64.9 Å². The van der Waals surface area contributed by atoms with Gasteiger partial charge in [-0.25, -0.2) is 14.4 Å². The van der Waals surface area contributed by atoms with Gasteiger partial charge in [-0.2, -0.15) is 0 Å². The van der Waals surface area contributed by atoms with Gasteiger partial charge in [0, 0.05) is 48.4 Å². The summed E-state index contributed by atoms with van der Waals surface area (Å²) in [6.07, 6.45) is 6.24. The minimum absolute atomic E-state index is 0.0429. The lowest BCUT2D eigenvalue weighted by Gasteiger charge is -2.22. The Morgan fingerprint density at radius 1 is 0.672 bits per heavy atom. The predicted molar refractivity (Wildman–Crippen MR) is 260 cm³/mol. The van der Waals surface area contributed by atoms with Gasteiger partial charge in [0.25, 0.3) is 0 Å². The van der Waals surface area contributed by atoms with Crippen LogP contribution in [0, 0.1) is 13.8 Å². The molecule has 0 spiro atoms. The SMILES string of the molecule is CCOP(=O)(CCNC/C(C)=C/Cc1c(CC)c(C)c2c(c1OC(=O)OC(C)(C)C)C(=O)OC2)OCC.CCOP(=O)(CCNC/C(C)=C/Cc1c(O)c2c(c(C)c1CC)COC2=O)OCC. The molecule has 2 heterocycles. The maximum atomic E-state index is 12.6. The van der Waals surface area contributed by atoms with Gasteiger partial charge in [0.2, 0.25) is 0 Å². The summed E-state index contributed by atoms with van der Waals surface area (Å²) >= 11 is 0. The smallest absolute Gasteiger partial charge is 0.507 e. The van der Waals surface area contributed by atoms with Gasteiger partial charge in [0.1, 0.15) is 35.7 Å². The van der Waals surface area contributed by atoms with Gasteiger partial charge in [0.15, 0.2) is 5.75 Å². The lowest BCUT2D eigenvalue weighted by atomic mass is 9.89. The Morgan fingerprint density at radius 2 is 1.07 bits per heavy atom. The number of esters is 2. The third-order valence-corrected chi connectivity index (χ3v) is 15.2. The molecule has 0 aromatic heterocycles. The number of phenols is 1. The molecular formula is C49H76N2O14P2. The highest BCUT2D eigenvalue weighted by molar-refractivity contribution is 7.54. The summed E-state index contributed by atoms with van der Waals surface area (Å²) in [7, 11) is -6.13. The quantitative estimate of drug-likeness (QED) is 0.0211. The fraction of sp³-hybridized carbons (Fsp3) is 0.612. The Kier molecular flexibility index (Phi) is 23.0. The maximum absolute atomic E-state index is 12.6. The molecule has 0 aliphatic carbocycles. The molecule has 0 fully saturated rings. The molecule has 16 nitrogen and oxygen atoms in total. The van der Waals surface area contributed by atoms with Crippen molar-refractivity contribution in [2.24, 2.45) is 0 Å². The first-order valence-corrected chi connectivity index (χ1v) is 26.9. The Bertz CT molecular complexity index is 2190. The van der Waals surface area contributed by atoms with E-state index in [1.807, 2.05) is 53.7 Å². The number of allylic oxidation sites excluding steroid dienone is 2. The number of benzene rings is 2. The van der Waals surface area contributed by atoms with Gasteiger partial charge >= 0.3 is 33.3 Å². The van der Waals surface area contributed by atoms with Crippen LogP contribution in [0.2, 0.25) is 0 Å². The standard InChI is InChI=1S/C27H42NO8P.C22H34NO6P/c1-9-20-19(5)22-17-32-25(29)23(22)24(35-26(30)36-27(6,7)8)21(20)13-12-18(4)16-28-14-15-37(31,33-10-2)34-11-3;1-6-17-16(5)19-14-27-22(25)20(19)21(24)18(17)10-9-15(4)13-23-11-12-30(26,28-7-2)29-8-3/h12,28H,9-11,13-17H2,1-8H3;9,23-24H,6-8,10-14H2,1-5H3/b18-12+;15-9+. The second-order valence-electron chi connectivity index (χ2n) is 17.2. The molecule has 67 heavy (non-hydrogen) atoms. The first-order chi connectivity index (χ1) is 31.6. The van der Waals surface area contributed by atoms with Gasteiger partial charge in [-0.05, 0) is 124 Å². The summed E-state index contributed by atoms with van der Waals surface area (Å²) in [4.78, 5) is 37.2. The average molecular weight is 979 g/mol. The third-order valence-electron chi connectivity index (χ3n) is 11.1. The average Bonchev–Trinajstić information content (AvgIpc) is 3.84. The van der Waals surface area contributed by atoms with Crippen LogP contribution in [0.3, 0.4) is 0 Å². The van der Waals surface area contributed by atoms with E-state index in [4.69, 9.17) is 37.0 Å². The molecule has 2 aliphatic rings. The highest BCUT2D eigenvalue weighted by Crippen LogP contribution is 2.48. The Hall–Kier alpha value is -3.85. The van der Waals surface area contributed by atoms with E-state index in [1.54, 1.807) is 48.5 Å². The zero-order valence-electron chi connectivity index (χ0n) is 42.1. The molecule has 0 saturated carbocycles. The maximum Gasteiger partial charge on any atom is 0.514 e. The number of cyclic esters (lactones) is 2. The van der Waals surface area contributed by atoms with E-state index in [1.165, 1.54) is 0 Å². The molecule has 2 aromatic rings. The highest BCUT2D eigenvalue weighted by atomic mass is 31.2. The molecule has 0 radical (unpaired) electrons. The number of phenolic OH excluding ortho intramolecular Hbond substituents is 1. The number of rotatable bonds is 25. The molecule has 3 N–H and O–H groups in total. The van der Waals surface area contributed by atoms with Crippen LogP contribution in [-0.2, 0) is 80.3 Å². The van der Waals surface area contributed by atoms with Crippen molar-refractivity contribution in [3.8, 4) is 11.5 Å². The molecule has 376 valence electrons. The van der Waals surface area contributed by atoms with Crippen LogP contribution >= 0.6 is 15.2 Å². The lowest BCUT2D eigenvalue weighted by molar-refractivity contribution is 0.0201. The van der Waals surface area contributed by atoms with E-state index in [9.17, 15) is 28.6 Å². The second-order valence-corrected chi connectivity index (χ2v) is 21.5. The molecule has 0 unspecified atom stereocenters. The van der Waals surface area contributed by atoms with Crippen LogP contribution in [0.5, 0.6) is 11.5 Å². The number of ether oxygens (including phenoxy) is 4. The van der Waals surface area contributed by atoms with Gasteiger partial charge in [-0.15, -0.1) is 0 Å². The predicted octanol–water partition coefficient (Wildman–Crippen LogP) is 10.2. The zero-order valence-corrected chi connectivity index (χ0v) is 43.9. The molecule has 2 aromatic carbocycles. The summed E-state index contributed by atoms with van der Waals surface area (Å²) in [6.45, 7) is 28.3. The van der Waals surface area contributed by atoms with Crippen molar-refractivity contribution >= 4 is 33.3 Å². The number of fused-ring (bicyclic) bond motifs is 2. The van der Waals surface area contributed by atoms with E-state index >= 15 is 0 Å². The van der Waals surface area contributed by atoms with Crippen molar-refractivity contribution < 1.29 is 65.7 Å². The number of nitrogens with one attached hydrogen (secondary N) is 2. The van der Waals surface area contributed by atoms with Crippen LogP contribution in [0.1, 0.15) is 141 Å². The third kappa shape index (κ3) is 16.4. The minimum Gasteiger partial charge on any atom is -0.507 e. The van der Waals surface area contributed by atoms with E-state index < -0.39 is 38.9 Å². The van der Waals surface area contributed by atoms with Crippen LogP contribution < -0.4 is 15.4 Å². The van der Waals surface area contributed by atoms with Crippen molar-refractivity contribution in [1.82, 2.24) is 10.6 Å². The molecule has 0 amide bonds. The summed E-state index contributed by atoms with van der Waals surface area (Å²) in [5.41, 5.74) is 9.16. The molecule has 18 heteroatoms. The number of carbonyl (C=O) groups is 3. The van der Waals surface area contributed by atoms with Gasteiger partial charge in [0.05, 0.1) is 38.8 Å². The van der Waals surface area contributed by atoms with Crippen molar-refractivity contribution in [2.45, 2.75) is 135 Å². The highest BCUT2D eigenvalue weighted by Gasteiger charge is 2.35. The topological polar surface area (TPSA) is 203 Å². The minimum atomic E-state index is -3.09. The van der Waals surface area contributed by atoms with Gasteiger partial charge in [-0.1, -0.05) is 37.1 Å². The summed E-state index contributed by atoms with van der Waals surface area (Å²) in [6, 6.07) is 0. The van der Waals surface area contributed by atoms with Gasteiger partial charge < -0.3 is 52.8 Å². The zero-order chi connectivity index (χ0) is 50.1. The molecule has 0 atom stereocenters. The van der Waals surface area contributed by atoms with Crippen molar-refractivity contribution in [1.29, 1.82) is 0 Å². The van der Waals surface area contributed by atoms with Crippen LogP contribution in [0.4, 0.5) is 4.79 Å². The molecule has 0 bridgehead atoms. The molecule has 4 rings (SSSR count). The summed E-state index contributed by atoms with van der Waals surface area (Å²) < 4.78 is 67.8. The monoisotopic (exact) mass is 978 g/mol. The normalized spacial score (nSPS) is 14.0. The van der Waals surface area contributed by atoms with Crippen LogP contribution in [0.25, 0.3) is 0 Å². The molecule has 2 aliphatic heterocycles. The molecular weight excluding hydrogens is 902 g/mol. The summed E-state index contributed by atoms with van der Waals surface area (Å²) in [5, 5.41) is 17.3. The Morgan fingerprint density at radius 3 is 1.49 bits per heavy atom. The van der Waals surface area contributed by atoms with Gasteiger partial charge in [-0.3, -0.25) is 9.13 Å². The fourth-order valence-corrected chi connectivity index (χ4v) is 11.1. The molecule has 0 saturated heterocycles. The van der Waals surface area contributed by atoms with Crippen LogP contribution in [0.15, 0.2) is 23.3 Å². The lowest BCUT2D eigenvalue weighted by Crippen LogP contribution is -2.27. The Balaban J connectivity index is 0.000000363. The van der Waals surface area contributed by atoms with E-state index in [-0.39, 0.29) is 30.9 Å². The van der Waals surface area contributed by atoms with Crippen molar-refractivity contribution in [3.63, 3.8) is 0 Å². The largest absolute Gasteiger partial charge is 0.514 e. The number of aromatic hydroxyl groups is 1. The summed E-state index contributed by atoms with van der Waals surface area (Å²) in [5.74, 6) is -0.706. The van der Waals surface area contributed by atoms with Crippen LogP contribution in [-0.4, -0.2) is 93.7 Å². The first kappa shape index (κ1) is 57.5. The van der Waals surface area contributed by atoms with Crippen molar-refractivity contribution in [3.05, 3.63) is 78.9 Å². The number of hydrogen-bond donors (Lipinski definition) is 3. The fourth-order valence-electron chi connectivity index (χ4n) is 7.95. The number of carbonyl (C=O) groups excluding carboxylic acids is 3. The van der Waals surface area contributed by atoms with E-state index in [0.29, 0.717) is 89.2 Å². The second kappa shape index (κ2) is 26.8. The van der Waals surface area contributed by atoms with E-state index in [2.05, 4.69) is 10.6 Å². The first-order valence-electron chi connectivity index (χ1n) is 23.4.